The Hall–Kier alpha value is -6.71. The Morgan fingerprint density at radius 2 is 1.05 bits per heavy atom. The molecule has 0 radical (unpaired) electrons. The lowest BCUT2D eigenvalue weighted by Crippen LogP contribution is -2.57. The van der Waals surface area contributed by atoms with Crippen molar-refractivity contribution in [1.29, 1.82) is 0 Å². The normalized spacial score (nSPS) is 18.3. The number of benzene rings is 4. The first-order valence-electron chi connectivity index (χ1n) is 18.8. The van der Waals surface area contributed by atoms with E-state index in [1.165, 1.54) is 12.7 Å². The largest absolute Gasteiger partial charge is 0.321 e. The van der Waals surface area contributed by atoms with Crippen molar-refractivity contribution in [2.24, 2.45) is 0 Å². The van der Waals surface area contributed by atoms with Gasteiger partial charge in [-0.1, -0.05) is 36.4 Å². The second-order valence-electron chi connectivity index (χ2n) is 14.8. The van der Waals surface area contributed by atoms with E-state index in [9.17, 15) is 4.79 Å². The molecule has 15 heteroatoms. The van der Waals surface area contributed by atoms with Gasteiger partial charge in [0.15, 0.2) is 11.6 Å². The summed E-state index contributed by atoms with van der Waals surface area (Å²) in [7, 11) is 4.25. The smallest absolute Gasteiger partial charge is 0.315 e. The average Bonchev–Trinajstić information content (AvgIpc) is 4.08. The van der Waals surface area contributed by atoms with E-state index in [2.05, 4.69) is 135 Å². The number of amides is 2. The number of hydrogen-bond acceptors (Lipinski definition) is 9. The maximum atomic E-state index is 15.0. The topological polar surface area (TPSA) is 171 Å². The van der Waals surface area contributed by atoms with Crippen molar-refractivity contribution in [3.63, 3.8) is 0 Å². The molecule has 2 aliphatic heterocycles. The van der Waals surface area contributed by atoms with Gasteiger partial charge in [0.1, 0.15) is 12.7 Å². The highest BCUT2D eigenvalue weighted by atomic mass is 16.2. The zero-order chi connectivity index (χ0) is 37.8. The minimum absolute atomic E-state index is 0.0563. The van der Waals surface area contributed by atoms with Crippen LogP contribution < -0.4 is 0 Å². The summed E-state index contributed by atoms with van der Waals surface area (Å²) in [5, 5.41) is 31.8. The average molecular weight is 745 g/mol. The number of hydrogen-bond donors (Lipinski definition) is 4. The van der Waals surface area contributed by atoms with Crippen LogP contribution in [0.4, 0.5) is 4.79 Å². The zero-order valence-electron chi connectivity index (χ0n) is 31.0. The predicted molar refractivity (Wildman–Crippen MR) is 213 cm³/mol. The van der Waals surface area contributed by atoms with Crippen molar-refractivity contribution in [3.05, 3.63) is 109 Å². The van der Waals surface area contributed by atoms with Crippen LogP contribution in [-0.2, 0) is 0 Å². The summed E-state index contributed by atoms with van der Waals surface area (Å²) in [5.74, 6) is 1.40. The molecular formula is C41H40N14O. The third kappa shape index (κ3) is 6.06. The molecule has 8 aromatic rings. The first-order chi connectivity index (χ1) is 27.5. The minimum atomic E-state index is -0.142. The van der Waals surface area contributed by atoms with E-state index >= 15 is 0 Å². The lowest BCUT2D eigenvalue weighted by molar-refractivity contribution is 0.0518. The fraction of sp³-hybridized carbons (Fsp3) is 0.244. The van der Waals surface area contributed by atoms with Crippen LogP contribution in [0.3, 0.4) is 0 Å². The van der Waals surface area contributed by atoms with Crippen LogP contribution in [0.15, 0.2) is 97.6 Å². The van der Waals surface area contributed by atoms with Gasteiger partial charge in [-0.25, -0.2) is 14.8 Å². The summed E-state index contributed by atoms with van der Waals surface area (Å²) >= 11 is 0. The van der Waals surface area contributed by atoms with E-state index in [0.717, 1.165) is 92.8 Å². The number of rotatable bonds is 6. The van der Waals surface area contributed by atoms with Crippen molar-refractivity contribution < 1.29 is 4.79 Å². The summed E-state index contributed by atoms with van der Waals surface area (Å²) in [4.78, 5) is 32.4. The van der Waals surface area contributed by atoms with Crippen LogP contribution in [-0.4, -0.2) is 130 Å². The predicted octanol–water partition coefficient (Wildman–Crippen LogP) is 5.74. The molecule has 0 bridgehead atoms. The van der Waals surface area contributed by atoms with Gasteiger partial charge in [0.25, 0.3) is 0 Å². The summed E-state index contributed by atoms with van der Waals surface area (Å²) in [5.41, 5.74) is 9.55. The Kier molecular flexibility index (Phi) is 8.37. The number of fused-ring (bicyclic) bond motifs is 2. The molecule has 56 heavy (non-hydrogen) atoms. The number of nitrogens with one attached hydrogen (secondary N) is 4. The van der Waals surface area contributed by atoms with Gasteiger partial charge in [0.2, 0.25) is 0 Å². The van der Waals surface area contributed by atoms with Crippen LogP contribution in [0.1, 0.15) is 23.2 Å². The van der Waals surface area contributed by atoms with Crippen LogP contribution >= 0.6 is 0 Å². The van der Waals surface area contributed by atoms with Crippen LogP contribution in [0.5, 0.6) is 0 Å². The third-order valence-corrected chi connectivity index (χ3v) is 11.3. The number of nitrogens with zero attached hydrogens (tertiary/aromatic N) is 10. The Labute approximate surface area is 321 Å². The number of aromatic amines is 4. The molecule has 2 amide bonds. The van der Waals surface area contributed by atoms with Crippen LogP contribution in [0.25, 0.3) is 67.1 Å². The molecule has 15 nitrogen and oxygen atoms in total. The molecule has 2 fully saturated rings. The second-order valence-corrected chi connectivity index (χ2v) is 14.8. The lowest BCUT2D eigenvalue weighted by atomic mass is 9.96. The van der Waals surface area contributed by atoms with E-state index in [1.54, 1.807) is 0 Å². The summed E-state index contributed by atoms with van der Waals surface area (Å²) in [6, 6.07) is 28.9. The van der Waals surface area contributed by atoms with Gasteiger partial charge in [-0.2, -0.15) is 20.4 Å². The molecule has 280 valence electrons. The zero-order valence-corrected chi connectivity index (χ0v) is 31.0. The maximum absolute atomic E-state index is 15.0. The van der Waals surface area contributed by atoms with Crippen molar-refractivity contribution in [1.82, 2.24) is 70.4 Å². The molecule has 2 aliphatic rings. The summed E-state index contributed by atoms with van der Waals surface area (Å²) in [6.07, 6.45) is 3.02. The van der Waals surface area contributed by atoms with E-state index in [0.29, 0.717) is 24.7 Å². The molecule has 2 saturated heterocycles. The molecule has 0 aliphatic carbocycles. The molecule has 0 spiro atoms. The molecule has 6 heterocycles. The van der Waals surface area contributed by atoms with Gasteiger partial charge in [-0.15, -0.1) is 0 Å². The quantitative estimate of drug-likeness (QED) is 0.166. The number of aromatic nitrogens is 10. The second kappa shape index (κ2) is 13.9. The van der Waals surface area contributed by atoms with Gasteiger partial charge in [0.05, 0.1) is 34.5 Å². The molecule has 4 aromatic carbocycles. The fourth-order valence-electron chi connectivity index (χ4n) is 8.27. The van der Waals surface area contributed by atoms with Gasteiger partial charge >= 0.3 is 6.03 Å². The number of carbonyl (C=O) groups excluding carboxylic acids is 1. The highest BCUT2D eigenvalue weighted by Gasteiger charge is 2.38. The van der Waals surface area contributed by atoms with Crippen molar-refractivity contribution in [2.75, 3.05) is 53.4 Å². The third-order valence-electron chi connectivity index (χ3n) is 11.3. The standard InChI is InChI=1S/C41H40N14O/c1-52-13-15-54(35(21-52)25-5-3-7-27(17-25)37-31-19-29(39-42-23-44-50-39)9-11-33(31)46-48-37)41(56)55-16-14-53(2)22-36(55)26-6-4-8-28(18-26)38-32-20-30(40-43-24-45-51-40)10-12-34(32)47-49-38/h3-12,17-20,23-24,35-36H,13-16,21-22H2,1-2H3,(H,46,48)(H,47,49)(H,42,44,50)(H,43,45,51). The Balaban J connectivity index is 0.963. The fourth-order valence-corrected chi connectivity index (χ4v) is 8.27. The van der Waals surface area contributed by atoms with Crippen LogP contribution in [0, 0.1) is 0 Å². The first kappa shape index (κ1) is 33.8. The Morgan fingerprint density at radius 1 is 0.571 bits per heavy atom. The van der Waals surface area contributed by atoms with Crippen molar-refractivity contribution >= 4 is 27.8 Å². The highest BCUT2D eigenvalue weighted by Crippen LogP contribution is 2.37. The number of piperazine rings is 2. The molecule has 0 saturated carbocycles. The van der Waals surface area contributed by atoms with Crippen molar-refractivity contribution in [3.8, 4) is 45.3 Å². The summed E-state index contributed by atoms with van der Waals surface area (Å²) < 4.78 is 0. The number of urea groups is 1. The molecule has 2 atom stereocenters. The SMILES string of the molecule is CN1CCN(C(=O)N2CCN(C)CC2c2cccc(-c3n[nH]c4ccc(-c5ncn[nH]5)cc34)c2)C(c2cccc(-c3n[nH]c4ccc(-c5ncn[nH]5)cc34)c2)C1. The Morgan fingerprint density at radius 3 is 1.50 bits per heavy atom. The highest BCUT2D eigenvalue weighted by molar-refractivity contribution is 5.96. The van der Waals surface area contributed by atoms with E-state index in [4.69, 9.17) is 10.2 Å². The van der Waals surface area contributed by atoms with Gasteiger partial charge < -0.3 is 19.6 Å². The maximum Gasteiger partial charge on any atom is 0.321 e. The number of carbonyl (C=O) groups is 1. The Bertz CT molecular complexity index is 2480. The van der Waals surface area contributed by atoms with Crippen LogP contribution in [0.2, 0.25) is 0 Å². The van der Waals surface area contributed by atoms with E-state index < -0.39 is 0 Å². The molecule has 4 aromatic heterocycles. The first-order valence-corrected chi connectivity index (χ1v) is 18.8. The lowest BCUT2D eigenvalue weighted by Gasteiger charge is -2.47. The molecule has 2 unspecified atom stereocenters. The van der Waals surface area contributed by atoms with Gasteiger partial charge in [0, 0.05) is 72.3 Å². The number of likely N-dealkylation sites (N-methyl/N-ethyl adjacent to an activating group) is 2. The number of H-pyrrole nitrogens is 4. The van der Waals surface area contributed by atoms with Gasteiger partial charge in [-0.05, 0) is 73.8 Å². The molecular weight excluding hydrogens is 705 g/mol. The van der Waals surface area contributed by atoms with E-state index in [-0.39, 0.29) is 18.1 Å². The van der Waals surface area contributed by atoms with E-state index in [1.807, 2.05) is 24.3 Å². The minimum Gasteiger partial charge on any atom is -0.315 e. The van der Waals surface area contributed by atoms with Gasteiger partial charge in [-0.3, -0.25) is 20.4 Å². The monoisotopic (exact) mass is 744 g/mol. The molecule has 4 N–H and O–H groups in total. The molecule has 10 rings (SSSR count). The van der Waals surface area contributed by atoms with Crippen molar-refractivity contribution in [2.45, 2.75) is 12.1 Å². The summed E-state index contributed by atoms with van der Waals surface area (Å²) in [6.45, 7) is 4.30.